The van der Waals surface area contributed by atoms with Gasteiger partial charge in [0.1, 0.15) is 5.92 Å². The lowest BCUT2D eigenvalue weighted by Gasteiger charge is -2.25. The fourth-order valence-corrected chi connectivity index (χ4v) is 1.92. The highest BCUT2D eigenvalue weighted by Gasteiger charge is 2.37. The van der Waals surface area contributed by atoms with Crippen LogP contribution in [0.5, 0.6) is 0 Å². The Morgan fingerprint density at radius 2 is 2.05 bits per heavy atom. The van der Waals surface area contributed by atoms with E-state index in [0.717, 1.165) is 5.56 Å². The highest BCUT2D eigenvalue weighted by Crippen LogP contribution is 2.26. The molecule has 0 spiro atoms. The van der Waals surface area contributed by atoms with Crippen molar-refractivity contribution in [3.05, 3.63) is 35.4 Å². The normalized spacial score (nSPS) is 12.3. The third kappa shape index (κ3) is 4.09. The molecule has 0 aliphatic rings. The van der Waals surface area contributed by atoms with Crippen LogP contribution in [0.2, 0.25) is 0 Å². The molecule has 106 valence electrons. The second-order valence-corrected chi connectivity index (χ2v) is 5.67. The Labute approximate surface area is 118 Å². The zero-order chi connectivity index (χ0) is 15.3. The number of aliphatic carboxylic acids is 1. The maximum Gasteiger partial charge on any atom is 0.316 e. The summed E-state index contributed by atoms with van der Waals surface area (Å²) < 4.78 is 0. The summed E-state index contributed by atoms with van der Waals surface area (Å²) in [5, 5.41) is 20.6. The Morgan fingerprint density at radius 3 is 2.55 bits per heavy atom. The second-order valence-electron chi connectivity index (χ2n) is 5.67. The molecule has 20 heavy (non-hydrogen) atoms. The molecule has 0 bridgehead atoms. The molecule has 0 heterocycles. The Bertz CT molecular complexity index is 553. The number of nitrogens with zero attached hydrogens (tertiary/aromatic N) is 1. The van der Waals surface area contributed by atoms with E-state index in [2.05, 4.69) is 5.32 Å². The summed E-state index contributed by atoms with van der Waals surface area (Å²) in [6.45, 7) is 5.33. The van der Waals surface area contributed by atoms with Gasteiger partial charge in [-0.05, 0) is 23.1 Å². The third-order valence-corrected chi connectivity index (χ3v) is 2.90. The molecular formula is C15H18N2O3. The van der Waals surface area contributed by atoms with Crippen molar-refractivity contribution < 1.29 is 14.7 Å². The fraction of sp³-hybridized carbons (Fsp3) is 0.400. The van der Waals surface area contributed by atoms with Gasteiger partial charge < -0.3 is 10.4 Å². The summed E-state index contributed by atoms with van der Waals surface area (Å²) in [6.07, 6.45) is 0. The van der Waals surface area contributed by atoms with Crippen LogP contribution in [0.4, 0.5) is 0 Å². The third-order valence-electron chi connectivity index (χ3n) is 2.90. The lowest BCUT2D eigenvalue weighted by Crippen LogP contribution is -2.42. The van der Waals surface area contributed by atoms with Gasteiger partial charge in [0.2, 0.25) is 5.91 Å². The quantitative estimate of drug-likeness (QED) is 0.821. The van der Waals surface area contributed by atoms with Gasteiger partial charge in [-0.2, -0.15) is 5.26 Å². The zero-order valence-corrected chi connectivity index (χ0v) is 11.8. The van der Waals surface area contributed by atoms with Crippen LogP contribution in [-0.2, 0) is 16.1 Å². The van der Waals surface area contributed by atoms with Crippen LogP contribution in [-0.4, -0.2) is 17.0 Å². The van der Waals surface area contributed by atoms with Crippen LogP contribution in [0, 0.1) is 22.7 Å². The van der Waals surface area contributed by atoms with E-state index in [0.29, 0.717) is 5.56 Å². The van der Waals surface area contributed by atoms with E-state index in [4.69, 9.17) is 10.4 Å². The minimum atomic E-state index is -1.14. The summed E-state index contributed by atoms with van der Waals surface area (Å²) in [5.41, 5.74) is 0.600. The minimum Gasteiger partial charge on any atom is -0.481 e. The highest BCUT2D eigenvalue weighted by molar-refractivity contribution is 5.97. The standard InChI is InChI=1S/C15H18N2O3/c1-15(2,3)12(14(19)20)13(18)17-9-11-6-4-5-10(7-11)8-16/h4-7,12H,9H2,1-3H3,(H,17,18)(H,19,20). The molecule has 0 aromatic heterocycles. The molecule has 0 saturated heterocycles. The fourth-order valence-electron chi connectivity index (χ4n) is 1.92. The average Bonchev–Trinajstić information content (AvgIpc) is 2.34. The number of nitriles is 1. The maximum atomic E-state index is 12.0. The van der Waals surface area contributed by atoms with Crippen LogP contribution >= 0.6 is 0 Å². The molecule has 2 N–H and O–H groups in total. The van der Waals surface area contributed by atoms with E-state index in [-0.39, 0.29) is 6.54 Å². The number of carbonyl (C=O) groups excluding carboxylic acids is 1. The zero-order valence-electron chi connectivity index (χ0n) is 11.8. The number of carbonyl (C=O) groups is 2. The van der Waals surface area contributed by atoms with Gasteiger partial charge in [-0.25, -0.2) is 0 Å². The number of benzene rings is 1. The maximum absolute atomic E-state index is 12.0. The lowest BCUT2D eigenvalue weighted by atomic mass is 9.80. The van der Waals surface area contributed by atoms with E-state index in [9.17, 15) is 9.59 Å². The first-order chi connectivity index (χ1) is 9.25. The van der Waals surface area contributed by atoms with E-state index < -0.39 is 23.2 Å². The molecule has 1 rings (SSSR count). The van der Waals surface area contributed by atoms with Crippen LogP contribution in [0.25, 0.3) is 0 Å². The van der Waals surface area contributed by atoms with Crippen molar-refractivity contribution >= 4 is 11.9 Å². The predicted octanol–water partition coefficient (Wildman–Crippen LogP) is 1.92. The van der Waals surface area contributed by atoms with Crippen LogP contribution < -0.4 is 5.32 Å². The number of rotatable bonds is 4. The van der Waals surface area contributed by atoms with Gasteiger partial charge in [0.15, 0.2) is 0 Å². The van der Waals surface area contributed by atoms with Gasteiger partial charge in [0, 0.05) is 6.54 Å². The molecule has 0 fully saturated rings. The highest BCUT2D eigenvalue weighted by atomic mass is 16.4. The molecule has 5 nitrogen and oxygen atoms in total. The van der Waals surface area contributed by atoms with Gasteiger partial charge in [-0.1, -0.05) is 32.9 Å². The number of hydrogen-bond acceptors (Lipinski definition) is 3. The largest absolute Gasteiger partial charge is 0.481 e. The van der Waals surface area contributed by atoms with Crippen LogP contribution in [0.3, 0.4) is 0 Å². The van der Waals surface area contributed by atoms with Crippen LogP contribution in [0.1, 0.15) is 31.9 Å². The van der Waals surface area contributed by atoms with Gasteiger partial charge in [-0.3, -0.25) is 9.59 Å². The van der Waals surface area contributed by atoms with E-state index in [1.54, 1.807) is 45.0 Å². The first-order valence-electron chi connectivity index (χ1n) is 6.25. The molecule has 0 radical (unpaired) electrons. The molecule has 0 saturated carbocycles. The molecule has 1 unspecified atom stereocenters. The number of hydrogen-bond donors (Lipinski definition) is 2. The molecule has 1 aromatic rings. The lowest BCUT2D eigenvalue weighted by molar-refractivity contribution is -0.151. The van der Waals surface area contributed by atoms with Crippen molar-refractivity contribution in [3.63, 3.8) is 0 Å². The van der Waals surface area contributed by atoms with Crippen molar-refractivity contribution in [3.8, 4) is 6.07 Å². The van der Waals surface area contributed by atoms with Crippen molar-refractivity contribution in [2.24, 2.45) is 11.3 Å². The van der Waals surface area contributed by atoms with Gasteiger partial charge in [0.05, 0.1) is 11.6 Å². The van der Waals surface area contributed by atoms with E-state index >= 15 is 0 Å². The summed E-state index contributed by atoms with van der Waals surface area (Å²) in [7, 11) is 0. The van der Waals surface area contributed by atoms with Crippen molar-refractivity contribution in [2.45, 2.75) is 27.3 Å². The summed E-state index contributed by atoms with van der Waals surface area (Å²) in [6, 6.07) is 8.83. The molecule has 1 amide bonds. The second kappa shape index (κ2) is 6.20. The molecule has 1 atom stereocenters. The number of nitrogens with one attached hydrogen (secondary N) is 1. The molecule has 1 aromatic carbocycles. The topological polar surface area (TPSA) is 90.2 Å². The SMILES string of the molecule is CC(C)(C)C(C(=O)O)C(=O)NCc1cccc(C#N)c1. The molecular weight excluding hydrogens is 256 g/mol. The Kier molecular flexibility index (Phi) is 4.87. The first-order valence-corrected chi connectivity index (χ1v) is 6.25. The monoisotopic (exact) mass is 274 g/mol. The summed E-state index contributed by atoms with van der Waals surface area (Å²) in [4.78, 5) is 23.2. The van der Waals surface area contributed by atoms with Crippen molar-refractivity contribution in [1.82, 2.24) is 5.32 Å². The Hall–Kier alpha value is -2.35. The van der Waals surface area contributed by atoms with Gasteiger partial charge in [-0.15, -0.1) is 0 Å². The Balaban J connectivity index is 2.75. The van der Waals surface area contributed by atoms with Crippen molar-refractivity contribution in [1.29, 1.82) is 5.26 Å². The summed E-state index contributed by atoms with van der Waals surface area (Å²) >= 11 is 0. The van der Waals surface area contributed by atoms with Gasteiger partial charge >= 0.3 is 5.97 Å². The minimum absolute atomic E-state index is 0.203. The first kappa shape index (κ1) is 15.7. The summed E-state index contributed by atoms with van der Waals surface area (Å²) in [5.74, 6) is -2.77. The Morgan fingerprint density at radius 1 is 1.40 bits per heavy atom. The van der Waals surface area contributed by atoms with E-state index in [1.807, 2.05) is 6.07 Å². The van der Waals surface area contributed by atoms with Crippen molar-refractivity contribution in [2.75, 3.05) is 0 Å². The molecule has 5 heteroatoms. The number of carboxylic acid groups (broad SMARTS) is 1. The smallest absolute Gasteiger partial charge is 0.316 e. The predicted molar refractivity (Wildman–Crippen MR) is 73.6 cm³/mol. The average molecular weight is 274 g/mol. The van der Waals surface area contributed by atoms with Gasteiger partial charge in [0.25, 0.3) is 0 Å². The molecule has 0 aliphatic carbocycles. The number of amides is 1. The number of carboxylic acids is 1. The van der Waals surface area contributed by atoms with E-state index in [1.165, 1.54) is 0 Å². The van der Waals surface area contributed by atoms with Crippen LogP contribution in [0.15, 0.2) is 24.3 Å². The molecule has 0 aliphatic heterocycles.